The van der Waals surface area contributed by atoms with Gasteiger partial charge in [0.1, 0.15) is 6.61 Å². The smallest absolute Gasteiger partial charge is 0.378 e. The van der Waals surface area contributed by atoms with Gasteiger partial charge >= 0.3 is 6.18 Å². The van der Waals surface area contributed by atoms with Gasteiger partial charge in [-0.05, 0) is 30.2 Å². The van der Waals surface area contributed by atoms with Crippen LogP contribution >= 0.6 is 23.5 Å². The summed E-state index contributed by atoms with van der Waals surface area (Å²) < 4.78 is 45.9. The lowest BCUT2D eigenvalue weighted by atomic mass is 10.1. The average molecular weight is 472 g/mol. The summed E-state index contributed by atoms with van der Waals surface area (Å²) in [6.45, 7) is 1.38. The highest BCUT2D eigenvalue weighted by Gasteiger charge is 2.27. The maximum absolute atomic E-state index is 12.0. The quantitative estimate of drug-likeness (QED) is 0.278. The molecule has 10 heteroatoms. The molecule has 0 bridgehead atoms. The minimum absolute atomic E-state index is 0.0667. The van der Waals surface area contributed by atoms with Gasteiger partial charge in [-0.3, -0.25) is 4.98 Å². The summed E-state index contributed by atoms with van der Waals surface area (Å²) in [5, 5.41) is 0.865. The Kier molecular flexibility index (Phi) is 9.06. The zero-order valence-corrected chi connectivity index (χ0v) is 18.7. The number of para-hydroxylation sites is 2. The molecule has 31 heavy (non-hydrogen) atoms. The first-order valence-corrected chi connectivity index (χ1v) is 11.8. The molecule has 0 atom stereocenters. The van der Waals surface area contributed by atoms with Crippen molar-refractivity contribution in [1.29, 1.82) is 0 Å². The zero-order chi connectivity index (χ0) is 22.1. The van der Waals surface area contributed by atoms with Gasteiger partial charge in [-0.15, -0.1) is 11.8 Å². The van der Waals surface area contributed by atoms with Gasteiger partial charge in [0.25, 0.3) is 0 Å². The summed E-state index contributed by atoms with van der Waals surface area (Å²) in [7, 11) is 0. The number of hydrogen-bond acceptors (Lipinski definition) is 6. The molecule has 168 valence electrons. The van der Waals surface area contributed by atoms with Crippen LogP contribution in [0.1, 0.15) is 18.2 Å². The first-order valence-electron chi connectivity index (χ1n) is 9.85. The number of aromatic nitrogens is 3. The summed E-state index contributed by atoms with van der Waals surface area (Å²) in [6.07, 6.45) is -1.63. The molecule has 2 heterocycles. The summed E-state index contributed by atoms with van der Waals surface area (Å²) in [5.74, 6) is 1.41. The van der Waals surface area contributed by atoms with E-state index in [1.165, 1.54) is 5.56 Å². The van der Waals surface area contributed by atoms with E-state index in [9.17, 15) is 13.2 Å². The Balaban J connectivity index is 1.45. The predicted octanol–water partition coefficient (Wildman–Crippen LogP) is 5.50. The molecule has 3 aromatic rings. The molecular weight excluding hydrogens is 447 g/mol. The lowest BCUT2D eigenvalue weighted by molar-refractivity contribution is -0.176. The first-order chi connectivity index (χ1) is 15.0. The van der Waals surface area contributed by atoms with Crippen molar-refractivity contribution in [1.82, 2.24) is 15.0 Å². The van der Waals surface area contributed by atoms with Crippen molar-refractivity contribution in [3.8, 4) is 0 Å². The number of imidazole rings is 1. The fourth-order valence-corrected chi connectivity index (χ4v) is 4.79. The highest BCUT2D eigenvalue weighted by molar-refractivity contribution is 7.99. The Bertz CT molecular complexity index is 933. The highest BCUT2D eigenvalue weighted by Crippen LogP contribution is 2.29. The van der Waals surface area contributed by atoms with Gasteiger partial charge in [-0.25, -0.2) is 4.98 Å². The van der Waals surface area contributed by atoms with Gasteiger partial charge in [0.2, 0.25) is 0 Å². The molecule has 0 saturated heterocycles. The van der Waals surface area contributed by atoms with Crippen LogP contribution in [0.25, 0.3) is 11.0 Å². The van der Waals surface area contributed by atoms with Crippen LogP contribution in [0.3, 0.4) is 0 Å². The molecule has 0 saturated carbocycles. The molecule has 0 radical (unpaired) electrons. The minimum Gasteiger partial charge on any atom is -0.378 e. The van der Waals surface area contributed by atoms with E-state index in [4.69, 9.17) is 4.74 Å². The summed E-state index contributed by atoms with van der Waals surface area (Å²) >= 11 is 3.28. The molecule has 1 aromatic carbocycles. The number of nitrogens with one attached hydrogen (secondary N) is 1. The lowest BCUT2D eigenvalue weighted by Gasteiger charge is -2.12. The van der Waals surface area contributed by atoms with Gasteiger partial charge in [0.15, 0.2) is 5.16 Å². The second-order valence-corrected chi connectivity index (χ2v) is 8.67. The molecular formula is C21H24F3N3O2S2. The number of halogens is 3. The largest absolute Gasteiger partial charge is 0.411 e. The van der Waals surface area contributed by atoms with Crippen LogP contribution in [-0.4, -0.2) is 53.3 Å². The van der Waals surface area contributed by atoms with Crippen molar-refractivity contribution in [2.45, 2.75) is 35.3 Å². The van der Waals surface area contributed by atoms with Crippen molar-refractivity contribution in [3.63, 3.8) is 0 Å². The Morgan fingerprint density at radius 2 is 1.84 bits per heavy atom. The van der Waals surface area contributed by atoms with E-state index in [1.54, 1.807) is 23.5 Å². The summed E-state index contributed by atoms with van der Waals surface area (Å²) in [4.78, 5) is 13.6. The van der Waals surface area contributed by atoms with E-state index in [0.29, 0.717) is 18.1 Å². The number of ether oxygens (including phenoxy) is 2. The van der Waals surface area contributed by atoms with Crippen LogP contribution in [0, 0.1) is 0 Å². The Hall–Kier alpha value is -1.75. The fraction of sp³-hybridized carbons (Fsp3) is 0.429. The van der Waals surface area contributed by atoms with Crippen molar-refractivity contribution < 1.29 is 22.6 Å². The molecule has 0 aliphatic heterocycles. The number of rotatable bonds is 12. The third-order valence-corrected chi connectivity index (χ3v) is 6.24. The maximum Gasteiger partial charge on any atom is 0.411 e. The van der Waals surface area contributed by atoms with E-state index in [-0.39, 0.29) is 13.2 Å². The molecule has 0 aliphatic rings. The Labute approximate surface area is 187 Å². The standard InChI is InChI=1S/C21H24F3N3O2S2/c1-2-15-18(13-31-20-26-16-5-3-4-6-17(16)27-20)25-8-7-19(15)30-12-11-28-9-10-29-14-21(22,23)24/h3-8H,2,9-14H2,1H3,(H,26,27). The molecule has 0 unspecified atom stereocenters. The molecule has 5 nitrogen and oxygen atoms in total. The fourth-order valence-electron chi connectivity index (χ4n) is 2.91. The van der Waals surface area contributed by atoms with Crippen LogP contribution < -0.4 is 0 Å². The van der Waals surface area contributed by atoms with Crippen LogP contribution in [0.4, 0.5) is 13.2 Å². The second kappa shape index (κ2) is 11.8. The summed E-state index contributed by atoms with van der Waals surface area (Å²) in [5.41, 5.74) is 4.19. The number of pyridine rings is 1. The van der Waals surface area contributed by atoms with Gasteiger partial charge in [0, 0.05) is 22.6 Å². The third-order valence-electron chi connectivity index (χ3n) is 4.29. The average Bonchev–Trinajstić information content (AvgIpc) is 3.16. The van der Waals surface area contributed by atoms with Crippen LogP contribution in [-0.2, 0) is 21.6 Å². The molecule has 0 aliphatic carbocycles. The second-order valence-electron chi connectivity index (χ2n) is 6.56. The number of thioether (sulfide) groups is 2. The molecule has 0 fully saturated rings. The van der Waals surface area contributed by atoms with Crippen LogP contribution in [0.15, 0.2) is 46.6 Å². The lowest BCUT2D eigenvalue weighted by Crippen LogP contribution is -2.19. The normalized spacial score (nSPS) is 12.0. The number of nitrogens with zero attached hydrogens (tertiary/aromatic N) is 2. The number of alkyl halides is 3. The topological polar surface area (TPSA) is 60.0 Å². The van der Waals surface area contributed by atoms with Crippen LogP contribution in [0.5, 0.6) is 0 Å². The Morgan fingerprint density at radius 1 is 1.03 bits per heavy atom. The monoisotopic (exact) mass is 471 g/mol. The molecule has 1 N–H and O–H groups in total. The predicted molar refractivity (Wildman–Crippen MR) is 118 cm³/mol. The Morgan fingerprint density at radius 3 is 2.61 bits per heavy atom. The van der Waals surface area contributed by atoms with E-state index in [2.05, 4.69) is 26.6 Å². The number of hydrogen-bond donors (Lipinski definition) is 1. The van der Waals surface area contributed by atoms with E-state index in [0.717, 1.165) is 33.2 Å². The SMILES string of the molecule is CCc1c(SCCOCCOCC(F)(F)F)ccnc1CSc1nc2ccccc2[nH]1. The highest BCUT2D eigenvalue weighted by atomic mass is 32.2. The van der Waals surface area contributed by atoms with Gasteiger partial charge in [-0.1, -0.05) is 30.8 Å². The van der Waals surface area contributed by atoms with Crippen molar-refractivity contribution in [2.75, 3.05) is 32.2 Å². The van der Waals surface area contributed by atoms with Gasteiger partial charge in [0.05, 0.1) is 36.5 Å². The van der Waals surface area contributed by atoms with Gasteiger partial charge < -0.3 is 14.5 Å². The van der Waals surface area contributed by atoms with Gasteiger partial charge in [-0.2, -0.15) is 13.2 Å². The molecule has 3 rings (SSSR count). The van der Waals surface area contributed by atoms with E-state index < -0.39 is 12.8 Å². The third kappa shape index (κ3) is 7.71. The van der Waals surface area contributed by atoms with Crippen molar-refractivity contribution in [3.05, 3.63) is 47.8 Å². The molecule has 2 aromatic heterocycles. The number of aromatic amines is 1. The first kappa shape index (κ1) is 23.9. The van der Waals surface area contributed by atoms with Crippen LogP contribution in [0.2, 0.25) is 0 Å². The van der Waals surface area contributed by atoms with Crippen molar-refractivity contribution >= 4 is 34.6 Å². The van der Waals surface area contributed by atoms with E-state index >= 15 is 0 Å². The minimum atomic E-state index is -4.30. The number of fused-ring (bicyclic) bond motifs is 1. The van der Waals surface area contributed by atoms with Crippen molar-refractivity contribution in [2.24, 2.45) is 0 Å². The number of H-pyrrole nitrogens is 1. The molecule has 0 spiro atoms. The van der Waals surface area contributed by atoms with E-state index in [1.807, 2.05) is 36.5 Å². The molecule has 0 amide bonds. The maximum atomic E-state index is 12.0. The summed E-state index contributed by atoms with van der Waals surface area (Å²) in [6, 6.07) is 9.92. The number of benzene rings is 1. The zero-order valence-electron chi connectivity index (χ0n) is 17.1.